The van der Waals surface area contributed by atoms with E-state index in [0.717, 1.165) is 5.56 Å². The van der Waals surface area contributed by atoms with Gasteiger partial charge in [-0.25, -0.2) is 4.79 Å². The van der Waals surface area contributed by atoms with Crippen LogP contribution < -0.4 is 5.63 Å². The average molecular weight is 290 g/mol. The summed E-state index contributed by atoms with van der Waals surface area (Å²) in [5.74, 6) is 0.223. The van der Waals surface area contributed by atoms with Crippen LogP contribution in [0.2, 0.25) is 0 Å². The predicted molar refractivity (Wildman–Crippen MR) is 87.4 cm³/mol. The third-order valence-corrected chi connectivity index (χ3v) is 3.25. The minimum atomic E-state index is -0.557. The van der Waals surface area contributed by atoms with Gasteiger partial charge in [-0.1, -0.05) is 66.7 Å². The maximum absolute atomic E-state index is 12.1. The van der Waals surface area contributed by atoms with Gasteiger partial charge in [-0.15, -0.1) is 0 Å². The molecule has 1 aromatic heterocycles. The molecule has 0 atom stereocenters. The van der Waals surface area contributed by atoms with E-state index in [2.05, 4.69) is 0 Å². The summed E-state index contributed by atoms with van der Waals surface area (Å²) >= 11 is 0. The van der Waals surface area contributed by atoms with E-state index >= 15 is 0 Å². The smallest absolute Gasteiger partial charge is 0.347 e. The van der Waals surface area contributed by atoms with Gasteiger partial charge in [-0.2, -0.15) is 0 Å². The van der Waals surface area contributed by atoms with Crippen LogP contribution in [0.15, 0.2) is 75.9 Å². The maximum Gasteiger partial charge on any atom is 0.347 e. The van der Waals surface area contributed by atoms with Crippen LogP contribution in [0.4, 0.5) is 0 Å². The molecule has 0 radical (unpaired) electrons. The lowest BCUT2D eigenvalue weighted by atomic mass is 10.1. The van der Waals surface area contributed by atoms with Gasteiger partial charge in [0.25, 0.3) is 0 Å². The van der Waals surface area contributed by atoms with Gasteiger partial charge < -0.3 is 9.52 Å². The number of hydrogen-bond acceptors (Lipinski definition) is 3. The summed E-state index contributed by atoms with van der Waals surface area (Å²) in [6, 6.07) is 20.1. The lowest BCUT2D eigenvalue weighted by molar-refractivity contribution is 0.447. The molecule has 3 heteroatoms. The molecule has 22 heavy (non-hydrogen) atoms. The van der Waals surface area contributed by atoms with Crippen LogP contribution >= 0.6 is 0 Å². The van der Waals surface area contributed by atoms with Crippen molar-refractivity contribution in [1.29, 1.82) is 0 Å². The van der Waals surface area contributed by atoms with Gasteiger partial charge in [0.15, 0.2) is 0 Å². The molecular weight excluding hydrogens is 276 g/mol. The molecule has 0 unspecified atom stereocenters. The maximum atomic E-state index is 12.1. The minimum absolute atomic E-state index is 0.0878. The zero-order valence-corrected chi connectivity index (χ0v) is 11.8. The first-order valence-corrected chi connectivity index (χ1v) is 6.90. The van der Waals surface area contributed by atoms with Crippen molar-refractivity contribution in [3.05, 3.63) is 88.5 Å². The van der Waals surface area contributed by atoms with E-state index in [9.17, 15) is 9.90 Å². The molecule has 108 valence electrons. The molecule has 1 heterocycles. The van der Waals surface area contributed by atoms with Gasteiger partial charge in [0.05, 0.1) is 0 Å². The van der Waals surface area contributed by atoms with Crippen LogP contribution in [0.3, 0.4) is 0 Å². The molecule has 0 saturated carbocycles. The molecule has 0 saturated heterocycles. The first-order valence-electron chi connectivity index (χ1n) is 6.90. The van der Waals surface area contributed by atoms with Gasteiger partial charge in [0.2, 0.25) is 0 Å². The van der Waals surface area contributed by atoms with Crippen molar-refractivity contribution in [3.63, 3.8) is 0 Å². The molecule has 0 amide bonds. The Labute approximate surface area is 127 Å². The van der Waals surface area contributed by atoms with Crippen molar-refractivity contribution in [2.45, 2.75) is 0 Å². The molecule has 1 N–H and O–H groups in total. The van der Waals surface area contributed by atoms with E-state index in [-0.39, 0.29) is 11.3 Å². The first-order chi connectivity index (χ1) is 10.7. The summed E-state index contributed by atoms with van der Waals surface area (Å²) < 4.78 is 5.26. The topological polar surface area (TPSA) is 50.4 Å². The molecule has 0 spiro atoms. The predicted octanol–water partition coefficient (Wildman–Crippen LogP) is 4.18. The normalized spacial score (nSPS) is 10.9. The molecular formula is C19H14O3. The second kappa shape index (κ2) is 6.14. The zero-order valence-electron chi connectivity index (χ0n) is 11.8. The van der Waals surface area contributed by atoms with Crippen molar-refractivity contribution in [2.24, 2.45) is 0 Å². The third kappa shape index (κ3) is 2.99. The number of benzene rings is 2. The Hall–Kier alpha value is -3.07. The van der Waals surface area contributed by atoms with Gasteiger partial charge in [0.1, 0.15) is 17.1 Å². The van der Waals surface area contributed by atoms with Crippen LogP contribution in [0.5, 0.6) is 5.75 Å². The quantitative estimate of drug-likeness (QED) is 0.787. The van der Waals surface area contributed by atoms with Crippen LogP contribution in [-0.4, -0.2) is 5.11 Å². The Bertz CT molecular complexity index is 847. The lowest BCUT2D eigenvalue weighted by Gasteiger charge is -2.03. The fraction of sp³-hybridized carbons (Fsp3) is 0. The molecule has 0 aliphatic carbocycles. The van der Waals surface area contributed by atoms with Crippen LogP contribution in [-0.2, 0) is 0 Å². The Kier molecular flexibility index (Phi) is 3.88. The van der Waals surface area contributed by atoms with E-state index in [4.69, 9.17) is 4.42 Å². The largest absolute Gasteiger partial charge is 0.507 e. The Balaban J connectivity index is 1.97. The van der Waals surface area contributed by atoms with Gasteiger partial charge in [-0.3, -0.25) is 0 Å². The van der Waals surface area contributed by atoms with Crippen LogP contribution in [0.25, 0.3) is 23.3 Å². The summed E-state index contributed by atoms with van der Waals surface area (Å²) in [6.45, 7) is 0. The number of rotatable bonds is 3. The van der Waals surface area contributed by atoms with Crippen molar-refractivity contribution in [3.8, 4) is 16.9 Å². The molecule has 2 aromatic carbocycles. The standard InChI is InChI=1S/C19H14O3/c20-17-13-16(12-11-14-7-3-1-4-8-14)22-19(21)18(17)15-9-5-2-6-10-15/h1-13,20H/b12-11+. The second-order valence-corrected chi connectivity index (χ2v) is 4.81. The summed E-state index contributed by atoms with van der Waals surface area (Å²) in [6.07, 6.45) is 3.48. The van der Waals surface area contributed by atoms with Crippen molar-refractivity contribution < 1.29 is 9.52 Å². The molecule has 3 rings (SSSR count). The molecule has 3 nitrogen and oxygen atoms in total. The van der Waals surface area contributed by atoms with Crippen molar-refractivity contribution in [2.75, 3.05) is 0 Å². The molecule has 0 aliphatic rings. The van der Waals surface area contributed by atoms with Gasteiger partial charge >= 0.3 is 5.63 Å². The monoisotopic (exact) mass is 290 g/mol. The molecule has 3 aromatic rings. The zero-order chi connectivity index (χ0) is 15.4. The van der Waals surface area contributed by atoms with E-state index in [1.807, 2.05) is 42.5 Å². The van der Waals surface area contributed by atoms with E-state index < -0.39 is 5.63 Å². The summed E-state index contributed by atoms with van der Waals surface area (Å²) in [5.41, 5.74) is 1.24. The Morgan fingerprint density at radius 3 is 2.14 bits per heavy atom. The summed E-state index contributed by atoms with van der Waals surface area (Å²) in [7, 11) is 0. The SMILES string of the molecule is O=c1oc(/C=C/c2ccccc2)cc(O)c1-c1ccccc1. The number of hydrogen-bond donors (Lipinski definition) is 1. The van der Waals surface area contributed by atoms with Crippen molar-refractivity contribution in [1.82, 2.24) is 0 Å². The minimum Gasteiger partial charge on any atom is -0.507 e. The summed E-state index contributed by atoms with van der Waals surface area (Å²) in [5, 5.41) is 10.1. The molecule has 0 fully saturated rings. The van der Waals surface area contributed by atoms with E-state index in [1.165, 1.54) is 6.07 Å². The third-order valence-electron chi connectivity index (χ3n) is 3.25. The Morgan fingerprint density at radius 1 is 0.864 bits per heavy atom. The highest BCUT2D eigenvalue weighted by atomic mass is 16.4. The van der Waals surface area contributed by atoms with Crippen LogP contribution in [0.1, 0.15) is 11.3 Å². The van der Waals surface area contributed by atoms with Gasteiger partial charge in [0, 0.05) is 6.07 Å². The van der Waals surface area contributed by atoms with Gasteiger partial charge in [-0.05, 0) is 17.2 Å². The second-order valence-electron chi connectivity index (χ2n) is 4.81. The average Bonchev–Trinajstić information content (AvgIpc) is 2.54. The van der Waals surface area contributed by atoms with Crippen LogP contribution in [0, 0.1) is 0 Å². The highest BCUT2D eigenvalue weighted by molar-refractivity contribution is 5.72. The van der Waals surface area contributed by atoms with E-state index in [0.29, 0.717) is 11.3 Å². The Morgan fingerprint density at radius 2 is 1.50 bits per heavy atom. The molecule has 0 bridgehead atoms. The lowest BCUT2D eigenvalue weighted by Crippen LogP contribution is -2.03. The molecule has 0 aliphatic heterocycles. The fourth-order valence-corrected chi connectivity index (χ4v) is 2.19. The number of aromatic hydroxyl groups is 1. The fourth-order valence-electron chi connectivity index (χ4n) is 2.19. The first kappa shape index (κ1) is 13.9. The van der Waals surface area contributed by atoms with Crippen molar-refractivity contribution >= 4 is 12.2 Å². The van der Waals surface area contributed by atoms with E-state index in [1.54, 1.807) is 30.3 Å². The highest BCUT2D eigenvalue weighted by Gasteiger charge is 2.11. The highest BCUT2D eigenvalue weighted by Crippen LogP contribution is 2.26. The summed E-state index contributed by atoms with van der Waals surface area (Å²) in [4.78, 5) is 12.1.